The summed E-state index contributed by atoms with van der Waals surface area (Å²) in [5.74, 6) is 1.13. The Morgan fingerprint density at radius 3 is 2.67 bits per heavy atom. The van der Waals surface area contributed by atoms with Crippen molar-refractivity contribution in [1.82, 2.24) is 4.90 Å². The van der Waals surface area contributed by atoms with Crippen molar-refractivity contribution in [2.75, 3.05) is 20.7 Å². The van der Waals surface area contributed by atoms with Gasteiger partial charge in [-0.05, 0) is 30.5 Å². The first-order valence-corrected chi connectivity index (χ1v) is 7.55. The maximum absolute atomic E-state index is 12.3. The number of amides is 1. The molecule has 1 rings (SSSR count). The topological polar surface area (TPSA) is 55.6 Å². The van der Waals surface area contributed by atoms with Gasteiger partial charge in [0.2, 0.25) is 5.91 Å². The van der Waals surface area contributed by atoms with Crippen LogP contribution in [0.2, 0.25) is 5.02 Å². The molecule has 0 bridgehead atoms. The fraction of sp³-hybridized carbons (Fsp3) is 0.562. The Kier molecular flexibility index (Phi) is 6.99. The van der Waals surface area contributed by atoms with Gasteiger partial charge in [0.1, 0.15) is 5.75 Å². The quantitative estimate of drug-likeness (QED) is 0.842. The molecule has 1 amide bonds. The minimum Gasteiger partial charge on any atom is -0.496 e. The fourth-order valence-electron chi connectivity index (χ4n) is 1.98. The van der Waals surface area contributed by atoms with Crippen LogP contribution in [0.1, 0.15) is 25.8 Å². The molecule has 0 saturated carbocycles. The first kappa shape index (κ1) is 17.8. The van der Waals surface area contributed by atoms with Gasteiger partial charge in [0, 0.05) is 30.2 Å². The lowest BCUT2D eigenvalue weighted by molar-refractivity contribution is -0.129. The van der Waals surface area contributed by atoms with Gasteiger partial charge in [0.15, 0.2) is 0 Å². The van der Waals surface area contributed by atoms with Crippen molar-refractivity contribution in [3.05, 3.63) is 28.8 Å². The largest absolute Gasteiger partial charge is 0.496 e. The van der Waals surface area contributed by atoms with Gasteiger partial charge in [0.05, 0.1) is 13.5 Å². The third-order valence-corrected chi connectivity index (χ3v) is 3.90. The van der Waals surface area contributed by atoms with Crippen molar-refractivity contribution < 1.29 is 9.53 Å². The standard InChI is InChI=1S/C16H25ClN2O2/c1-11(2)14(18)7-8-19(3)16(20)10-12-9-13(17)5-6-15(12)21-4/h5-6,9,11,14H,7-8,10,18H2,1-4H3. The minimum absolute atomic E-state index is 0.0338. The van der Waals surface area contributed by atoms with Crippen LogP contribution in [0.5, 0.6) is 5.75 Å². The molecule has 0 saturated heterocycles. The van der Waals surface area contributed by atoms with E-state index in [9.17, 15) is 4.79 Å². The molecule has 118 valence electrons. The number of nitrogens with two attached hydrogens (primary N) is 1. The van der Waals surface area contributed by atoms with Gasteiger partial charge in [-0.2, -0.15) is 0 Å². The smallest absolute Gasteiger partial charge is 0.226 e. The van der Waals surface area contributed by atoms with E-state index in [-0.39, 0.29) is 18.4 Å². The van der Waals surface area contributed by atoms with Crippen LogP contribution in [0.3, 0.4) is 0 Å². The lowest BCUT2D eigenvalue weighted by Gasteiger charge is -2.22. The Bertz CT molecular complexity index is 477. The Morgan fingerprint density at radius 1 is 1.43 bits per heavy atom. The highest BCUT2D eigenvalue weighted by atomic mass is 35.5. The van der Waals surface area contributed by atoms with Crippen LogP contribution in [0, 0.1) is 5.92 Å². The molecule has 1 aromatic rings. The molecule has 4 nitrogen and oxygen atoms in total. The molecule has 0 spiro atoms. The average Bonchev–Trinajstić information content (AvgIpc) is 2.44. The molecule has 0 heterocycles. The number of ether oxygens (including phenoxy) is 1. The summed E-state index contributed by atoms with van der Waals surface area (Å²) in [4.78, 5) is 14.0. The summed E-state index contributed by atoms with van der Waals surface area (Å²) in [6.45, 7) is 4.83. The van der Waals surface area contributed by atoms with E-state index in [1.165, 1.54) is 0 Å². The van der Waals surface area contributed by atoms with Gasteiger partial charge >= 0.3 is 0 Å². The molecule has 1 unspecified atom stereocenters. The van der Waals surface area contributed by atoms with E-state index in [1.54, 1.807) is 37.3 Å². The number of carbonyl (C=O) groups is 1. The van der Waals surface area contributed by atoms with Gasteiger partial charge in [-0.3, -0.25) is 4.79 Å². The summed E-state index contributed by atoms with van der Waals surface area (Å²) < 4.78 is 5.26. The zero-order valence-electron chi connectivity index (χ0n) is 13.2. The number of halogens is 1. The van der Waals surface area contributed by atoms with Crippen LogP contribution in [-0.4, -0.2) is 37.6 Å². The molecular formula is C16H25ClN2O2. The van der Waals surface area contributed by atoms with Gasteiger partial charge in [-0.15, -0.1) is 0 Å². The van der Waals surface area contributed by atoms with Gasteiger partial charge in [-0.1, -0.05) is 25.4 Å². The second-order valence-electron chi connectivity index (χ2n) is 5.64. The molecule has 0 radical (unpaired) electrons. The summed E-state index contributed by atoms with van der Waals surface area (Å²) in [5, 5.41) is 0.600. The molecule has 1 atom stereocenters. The first-order chi connectivity index (χ1) is 9.85. The molecule has 21 heavy (non-hydrogen) atoms. The summed E-state index contributed by atoms with van der Waals surface area (Å²) in [6.07, 6.45) is 1.07. The molecule has 2 N–H and O–H groups in total. The summed E-state index contributed by atoms with van der Waals surface area (Å²) in [7, 11) is 3.38. The minimum atomic E-state index is 0.0338. The van der Waals surface area contributed by atoms with E-state index in [2.05, 4.69) is 13.8 Å². The maximum Gasteiger partial charge on any atom is 0.226 e. The highest BCUT2D eigenvalue weighted by Crippen LogP contribution is 2.23. The molecule has 5 heteroatoms. The lowest BCUT2D eigenvalue weighted by Crippen LogP contribution is -2.35. The van der Waals surface area contributed by atoms with E-state index in [0.717, 1.165) is 12.0 Å². The SMILES string of the molecule is COc1ccc(Cl)cc1CC(=O)N(C)CCC(N)C(C)C. The van der Waals surface area contributed by atoms with Gasteiger partial charge in [0.25, 0.3) is 0 Å². The van der Waals surface area contributed by atoms with Crippen LogP contribution in [0.25, 0.3) is 0 Å². The molecule has 0 fully saturated rings. The number of likely N-dealkylation sites (N-methyl/N-ethyl adjacent to an activating group) is 1. The first-order valence-electron chi connectivity index (χ1n) is 7.17. The Labute approximate surface area is 132 Å². The predicted octanol–water partition coefficient (Wildman–Crippen LogP) is 2.72. The number of benzene rings is 1. The van der Waals surface area contributed by atoms with E-state index in [0.29, 0.717) is 23.2 Å². The monoisotopic (exact) mass is 312 g/mol. The number of nitrogens with zero attached hydrogens (tertiary/aromatic N) is 1. The van der Waals surface area contributed by atoms with Crippen LogP contribution >= 0.6 is 11.6 Å². The van der Waals surface area contributed by atoms with Crippen molar-refractivity contribution >= 4 is 17.5 Å². The predicted molar refractivity (Wildman–Crippen MR) is 86.8 cm³/mol. The number of rotatable bonds is 7. The molecule has 0 aromatic heterocycles. The average molecular weight is 313 g/mol. The second-order valence-corrected chi connectivity index (χ2v) is 6.08. The van der Waals surface area contributed by atoms with E-state index in [4.69, 9.17) is 22.1 Å². The van der Waals surface area contributed by atoms with Crippen molar-refractivity contribution in [3.8, 4) is 5.75 Å². The molecular weight excluding hydrogens is 288 g/mol. The van der Waals surface area contributed by atoms with Gasteiger partial charge in [-0.25, -0.2) is 0 Å². The highest BCUT2D eigenvalue weighted by Gasteiger charge is 2.15. The van der Waals surface area contributed by atoms with E-state index in [1.807, 2.05) is 0 Å². The summed E-state index contributed by atoms with van der Waals surface area (Å²) in [6, 6.07) is 5.41. The summed E-state index contributed by atoms with van der Waals surface area (Å²) >= 11 is 5.98. The number of hydrogen-bond acceptors (Lipinski definition) is 3. The third kappa shape index (κ3) is 5.56. The molecule has 1 aromatic carbocycles. The Hall–Kier alpha value is -1.26. The number of hydrogen-bond donors (Lipinski definition) is 1. The third-order valence-electron chi connectivity index (χ3n) is 3.66. The van der Waals surface area contributed by atoms with Crippen LogP contribution in [-0.2, 0) is 11.2 Å². The van der Waals surface area contributed by atoms with Crippen molar-refractivity contribution in [2.24, 2.45) is 11.7 Å². The zero-order chi connectivity index (χ0) is 16.0. The summed E-state index contributed by atoms with van der Waals surface area (Å²) in [5.41, 5.74) is 6.81. The molecule has 0 aliphatic heterocycles. The van der Waals surface area contributed by atoms with Crippen LogP contribution < -0.4 is 10.5 Å². The number of methoxy groups -OCH3 is 1. The zero-order valence-corrected chi connectivity index (χ0v) is 14.0. The second kappa shape index (κ2) is 8.25. The van der Waals surface area contributed by atoms with E-state index < -0.39 is 0 Å². The van der Waals surface area contributed by atoms with Crippen molar-refractivity contribution in [3.63, 3.8) is 0 Å². The van der Waals surface area contributed by atoms with Gasteiger partial charge < -0.3 is 15.4 Å². The number of carbonyl (C=O) groups excluding carboxylic acids is 1. The molecule has 0 aliphatic carbocycles. The Balaban J connectivity index is 2.62. The van der Waals surface area contributed by atoms with Crippen molar-refractivity contribution in [1.29, 1.82) is 0 Å². The van der Waals surface area contributed by atoms with Crippen LogP contribution in [0.15, 0.2) is 18.2 Å². The highest BCUT2D eigenvalue weighted by molar-refractivity contribution is 6.30. The lowest BCUT2D eigenvalue weighted by atomic mass is 10.0. The fourth-order valence-corrected chi connectivity index (χ4v) is 2.18. The Morgan fingerprint density at radius 2 is 2.10 bits per heavy atom. The molecule has 0 aliphatic rings. The maximum atomic E-state index is 12.3. The normalized spacial score (nSPS) is 12.3. The van der Waals surface area contributed by atoms with Crippen LogP contribution in [0.4, 0.5) is 0 Å². The van der Waals surface area contributed by atoms with E-state index >= 15 is 0 Å². The van der Waals surface area contributed by atoms with Crippen molar-refractivity contribution in [2.45, 2.75) is 32.7 Å².